The van der Waals surface area contributed by atoms with Gasteiger partial charge in [0.2, 0.25) is 0 Å². The predicted octanol–water partition coefficient (Wildman–Crippen LogP) is 4.97. The zero-order chi connectivity index (χ0) is 17.2. The molecule has 0 bridgehead atoms. The van der Waals surface area contributed by atoms with Crippen molar-refractivity contribution in [3.63, 3.8) is 0 Å². The standard InChI is InChI=1S/C11H21N.C7H10N2.C2H6/c1-4-10-7-5-6-8-11(10)9-12(2)3;1-9-5-6-3-2-4-7(6)8-9;1-2/h9-10H,4-8H2,1-3H3;5H,2-4H2,1H3;1-2H3/b11-9-;;. The van der Waals surface area contributed by atoms with Crippen molar-refractivity contribution in [3.8, 4) is 0 Å². The van der Waals surface area contributed by atoms with Gasteiger partial charge < -0.3 is 4.90 Å². The van der Waals surface area contributed by atoms with E-state index in [4.69, 9.17) is 0 Å². The molecular formula is C20H37N3. The van der Waals surface area contributed by atoms with Gasteiger partial charge in [-0.1, -0.05) is 32.8 Å². The predicted molar refractivity (Wildman–Crippen MR) is 101 cm³/mol. The Morgan fingerprint density at radius 2 is 1.91 bits per heavy atom. The first-order valence-electron chi connectivity index (χ1n) is 9.48. The highest BCUT2D eigenvalue weighted by Gasteiger charge is 2.16. The third-order valence-corrected chi connectivity index (χ3v) is 4.56. The van der Waals surface area contributed by atoms with Crippen LogP contribution in [0.2, 0.25) is 0 Å². The summed E-state index contributed by atoms with van der Waals surface area (Å²) in [5.41, 5.74) is 4.45. The Labute approximate surface area is 143 Å². The molecule has 1 heterocycles. The molecule has 2 aliphatic rings. The number of aromatic nitrogens is 2. The van der Waals surface area contributed by atoms with Gasteiger partial charge >= 0.3 is 0 Å². The highest BCUT2D eigenvalue weighted by Crippen LogP contribution is 2.31. The van der Waals surface area contributed by atoms with E-state index in [2.05, 4.69) is 43.4 Å². The lowest BCUT2D eigenvalue weighted by Gasteiger charge is -2.25. The molecule has 1 fully saturated rings. The van der Waals surface area contributed by atoms with Gasteiger partial charge in [-0.3, -0.25) is 4.68 Å². The van der Waals surface area contributed by atoms with Gasteiger partial charge in [-0.25, -0.2) is 0 Å². The molecule has 0 radical (unpaired) electrons. The largest absolute Gasteiger partial charge is 0.384 e. The summed E-state index contributed by atoms with van der Waals surface area (Å²) in [6, 6.07) is 0. The minimum absolute atomic E-state index is 0.876. The normalized spacial score (nSPS) is 21.0. The summed E-state index contributed by atoms with van der Waals surface area (Å²) >= 11 is 0. The number of aryl methyl sites for hydroxylation is 3. The zero-order valence-electron chi connectivity index (χ0n) is 16.2. The molecule has 0 N–H and O–H groups in total. The van der Waals surface area contributed by atoms with E-state index in [1.165, 1.54) is 62.6 Å². The minimum Gasteiger partial charge on any atom is -0.384 e. The van der Waals surface area contributed by atoms with Gasteiger partial charge in [-0.15, -0.1) is 0 Å². The van der Waals surface area contributed by atoms with Crippen LogP contribution in [-0.4, -0.2) is 28.8 Å². The average molecular weight is 320 g/mol. The molecule has 1 aromatic heterocycles. The Morgan fingerprint density at radius 3 is 2.52 bits per heavy atom. The van der Waals surface area contributed by atoms with Crippen molar-refractivity contribution in [2.45, 2.75) is 72.1 Å². The molecular weight excluding hydrogens is 282 g/mol. The van der Waals surface area contributed by atoms with E-state index in [9.17, 15) is 0 Å². The van der Waals surface area contributed by atoms with E-state index in [1.807, 2.05) is 25.6 Å². The number of hydrogen-bond donors (Lipinski definition) is 0. The SMILES string of the molecule is CC.CCC1CCCC/C1=C/N(C)C.Cn1cc2c(n1)CCC2. The molecule has 0 spiro atoms. The molecule has 3 nitrogen and oxygen atoms in total. The molecule has 1 unspecified atom stereocenters. The summed E-state index contributed by atoms with van der Waals surface area (Å²) in [6.45, 7) is 6.31. The molecule has 132 valence electrons. The third-order valence-electron chi connectivity index (χ3n) is 4.56. The quantitative estimate of drug-likeness (QED) is 0.767. The second-order valence-electron chi connectivity index (χ2n) is 6.65. The highest BCUT2D eigenvalue weighted by atomic mass is 15.3. The third kappa shape index (κ3) is 6.40. The number of allylic oxidation sites excluding steroid dienone is 1. The van der Waals surface area contributed by atoms with Crippen LogP contribution < -0.4 is 0 Å². The molecule has 1 atom stereocenters. The van der Waals surface area contributed by atoms with Gasteiger partial charge in [-0.05, 0) is 62.6 Å². The van der Waals surface area contributed by atoms with E-state index in [1.54, 1.807) is 5.57 Å². The van der Waals surface area contributed by atoms with Crippen LogP contribution in [0.4, 0.5) is 0 Å². The molecule has 1 aromatic rings. The summed E-state index contributed by atoms with van der Waals surface area (Å²) in [5, 5.41) is 4.31. The van der Waals surface area contributed by atoms with Gasteiger partial charge in [0.15, 0.2) is 0 Å². The van der Waals surface area contributed by atoms with Crippen molar-refractivity contribution in [2.24, 2.45) is 13.0 Å². The summed E-state index contributed by atoms with van der Waals surface area (Å²) in [4.78, 5) is 2.18. The fourth-order valence-electron chi connectivity index (χ4n) is 3.53. The summed E-state index contributed by atoms with van der Waals surface area (Å²) in [7, 11) is 6.22. The molecule has 0 aliphatic heterocycles. The topological polar surface area (TPSA) is 21.1 Å². The molecule has 1 saturated carbocycles. The highest BCUT2D eigenvalue weighted by molar-refractivity contribution is 5.21. The van der Waals surface area contributed by atoms with Gasteiger partial charge in [0.25, 0.3) is 0 Å². The fraction of sp³-hybridized carbons (Fsp3) is 0.750. The van der Waals surface area contributed by atoms with Crippen LogP contribution >= 0.6 is 0 Å². The van der Waals surface area contributed by atoms with E-state index < -0.39 is 0 Å². The summed E-state index contributed by atoms with van der Waals surface area (Å²) in [6.07, 6.45) is 15.1. The zero-order valence-corrected chi connectivity index (χ0v) is 16.2. The average Bonchev–Trinajstić information content (AvgIpc) is 3.10. The van der Waals surface area contributed by atoms with E-state index in [0.717, 1.165) is 5.92 Å². The van der Waals surface area contributed by atoms with Crippen molar-refractivity contribution >= 4 is 0 Å². The summed E-state index contributed by atoms with van der Waals surface area (Å²) < 4.78 is 1.91. The first-order valence-corrected chi connectivity index (χ1v) is 9.48. The Morgan fingerprint density at radius 1 is 1.17 bits per heavy atom. The maximum Gasteiger partial charge on any atom is 0.0656 e. The van der Waals surface area contributed by atoms with Crippen LogP contribution in [0.3, 0.4) is 0 Å². The lowest BCUT2D eigenvalue weighted by molar-refractivity contribution is 0.425. The van der Waals surface area contributed by atoms with E-state index in [-0.39, 0.29) is 0 Å². The Bertz CT molecular complexity index is 450. The Balaban J connectivity index is 0.000000213. The maximum absolute atomic E-state index is 4.31. The monoisotopic (exact) mass is 319 g/mol. The van der Waals surface area contributed by atoms with E-state index in [0.29, 0.717) is 0 Å². The van der Waals surface area contributed by atoms with Crippen LogP contribution in [-0.2, 0) is 19.9 Å². The lowest BCUT2D eigenvalue weighted by Crippen LogP contribution is -2.13. The van der Waals surface area contributed by atoms with Crippen LogP contribution in [0.1, 0.15) is 70.6 Å². The summed E-state index contributed by atoms with van der Waals surface area (Å²) in [5.74, 6) is 0.876. The second-order valence-corrected chi connectivity index (χ2v) is 6.65. The number of rotatable bonds is 2. The molecule has 3 heteroatoms. The number of fused-ring (bicyclic) bond motifs is 1. The van der Waals surface area contributed by atoms with Crippen LogP contribution in [0.5, 0.6) is 0 Å². The molecule has 23 heavy (non-hydrogen) atoms. The van der Waals surface area contributed by atoms with Crippen molar-refractivity contribution in [1.29, 1.82) is 0 Å². The van der Waals surface area contributed by atoms with Crippen LogP contribution in [0.15, 0.2) is 18.0 Å². The fourth-order valence-corrected chi connectivity index (χ4v) is 3.53. The molecule has 2 aliphatic carbocycles. The van der Waals surface area contributed by atoms with Gasteiger partial charge in [0, 0.05) is 27.3 Å². The first-order chi connectivity index (χ1) is 11.1. The minimum atomic E-state index is 0.876. The van der Waals surface area contributed by atoms with Crippen molar-refractivity contribution in [1.82, 2.24) is 14.7 Å². The molecule has 0 aromatic carbocycles. The lowest BCUT2D eigenvalue weighted by atomic mass is 9.83. The van der Waals surface area contributed by atoms with Crippen molar-refractivity contribution < 1.29 is 0 Å². The van der Waals surface area contributed by atoms with Crippen molar-refractivity contribution in [2.75, 3.05) is 14.1 Å². The van der Waals surface area contributed by atoms with Gasteiger partial charge in [-0.2, -0.15) is 5.10 Å². The molecule has 0 saturated heterocycles. The Kier molecular flexibility index (Phi) is 9.05. The number of nitrogens with zero attached hydrogens (tertiary/aromatic N) is 3. The smallest absolute Gasteiger partial charge is 0.0656 e. The maximum atomic E-state index is 4.31. The Hall–Kier alpha value is -1.25. The first kappa shape index (κ1) is 19.8. The van der Waals surface area contributed by atoms with Gasteiger partial charge in [0.05, 0.1) is 5.69 Å². The van der Waals surface area contributed by atoms with Gasteiger partial charge in [0.1, 0.15) is 0 Å². The van der Waals surface area contributed by atoms with Crippen molar-refractivity contribution in [3.05, 3.63) is 29.2 Å². The van der Waals surface area contributed by atoms with Crippen LogP contribution in [0.25, 0.3) is 0 Å². The van der Waals surface area contributed by atoms with Crippen LogP contribution in [0, 0.1) is 5.92 Å². The molecule has 0 amide bonds. The number of hydrogen-bond acceptors (Lipinski definition) is 2. The molecule has 3 rings (SSSR count). The second kappa shape index (κ2) is 10.5. The van der Waals surface area contributed by atoms with E-state index >= 15 is 0 Å².